The molecular formula is C13H8Cl2N4. The third-order valence-corrected chi connectivity index (χ3v) is 3.11. The van der Waals surface area contributed by atoms with Crippen LogP contribution in [-0.4, -0.2) is 20.2 Å². The molecule has 2 aromatic heterocycles. The zero-order valence-electron chi connectivity index (χ0n) is 9.64. The summed E-state index contributed by atoms with van der Waals surface area (Å²) in [5.41, 5.74) is 3.43. The summed E-state index contributed by atoms with van der Waals surface area (Å²) in [7, 11) is 0. The Labute approximate surface area is 119 Å². The number of benzene rings is 1. The molecule has 4 nitrogen and oxygen atoms in total. The number of halogens is 2. The second-order valence-corrected chi connectivity index (χ2v) is 4.65. The zero-order valence-corrected chi connectivity index (χ0v) is 11.2. The minimum absolute atomic E-state index is 0.209. The molecule has 0 aliphatic rings. The smallest absolute Gasteiger partial charge is 0.222 e. The Hall–Kier alpha value is -1.91. The molecule has 0 bridgehead atoms. The number of hydrogen-bond acceptors (Lipinski definition) is 3. The molecule has 0 amide bonds. The summed E-state index contributed by atoms with van der Waals surface area (Å²) in [6.07, 6.45) is 3.33. The maximum atomic E-state index is 5.89. The minimum atomic E-state index is 0.209. The topological polar surface area (TPSA) is 54.5 Å². The van der Waals surface area contributed by atoms with Gasteiger partial charge in [-0.25, -0.2) is 9.97 Å². The molecule has 94 valence electrons. The normalized spacial score (nSPS) is 10.6. The Morgan fingerprint density at radius 1 is 1.00 bits per heavy atom. The van der Waals surface area contributed by atoms with E-state index < -0.39 is 0 Å². The lowest BCUT2D eigenvalue weighted by atomic mass is 10.1. The van der Waals surface area contributed by atoms with E-state index in [1.807, 2.05) is 24.3 Å². The highest BCUT2D eigenvalue weighted by Gasteiger charge is 2.11. The third-order valence-electron chi connectivity index (χ3n) is 2.67. The van der Waals surface area contributed by atoms with Crippen LogP contribution in [-0.2, 0) is 0 Å². The van der Waals surface area contributed by atoms with E-state index in [-0.39, 0.29) is 5.28 Å². The van der Waals surface area contributed by atoms with Crippen LogP contribution in [0.2, 0.25) is 10.3 Å². The number of rotatable bonds is 2. The number of H-pyrrole nitrogens is 1. The maximum absolute atomic E-state index is 5.89. The summed E-state index contributed by atoms with van der Waals surface area (Å²) in [6, 6.07) is 9.28. The van der Waals surface area contributed by atoms with Crippen molar-refractivity contribution in [3.8, 4) is 22.5 Å². The molecule has 0 fully saturated rings. The summed E-state index contributed by atoms with van der Waals surface area (Å²) in [4.78, 5) is 8.06. The summed E-state index contributed by atoms with van der Waals surface area (Å²) >= 11 is 11.7. The quantitative estimate of drug-likeness (QED) is 0.730. The fraction of sp³-hybridized carbons (Fsp3) is 0. The molecule has 3 aromatic rings. The molecule has 0 unspecified atom stereocenters. The SMILES string of the molecule is Clc1ccc(-c2[nH]ncc2-c2ccnc(Cl)n2)cc1. The van der Waals surface area contributed by atoms with Crippen LogP contribution >= 0.6 is 23.2 Å². The molecule has 0 aliphatic carbocycles. The van der Waals surface area contributed by atoms with Crippen LogP contribution in [0, 0.1) is 0 Å². The van der Waals surface area contributed by atoms with Crippen molar-refractivity contribution in [2.24, 2.45) is 0 Å². The highest BCUT2D eigenvalue weighted by Crippen LogP contribution is 2.29. The molecule has 2 heterocycles. The maximum Gasteiger partial charge on any atom is 0.222 e. The number of nitrogens with zero attached hydrogens (tertiary/aromatic N) is 3. The van der Waals surface area contributed by atoms with Crippen molar-refractivity contribution in [2.75, 3.05) is 0 Å². The molecule has 0 radical (unpaired) electrons. The lowest BCUT2D eigenvalue weighted by molar-refractivity contribution is 1.10. The van der Waals surface area contributed by atoms with Crippen LogP contribution < -0.4 is 0 Å². The van der Waals surface area contributed by atoms with E-state index >= 15 is 0 Å². The van der Waals surface area contributed by atoms with Crippen molar-refractivity contribution in [2.45, 2.75) is 0 Å². The largest absolute Gasteiger partial charge is 0.277 e. The van der Waals surface area contributed by atoms with Crippen LogP contribution in [0.4, 0.5) is 0 Å². The van der Waals surface area contributed by atoms with Crippen LogP contribution in [0.3, 0.4) is 0 Å². The first-order valence-corrected chi connectivity index (χ1v) is 6.28. The Morgan fingerprint density at radius 2 is 1.79 bits per heavy atom. The van der Waals surface area contributed by atoms with E-state index in [4.69, 9.17) is 23.2 Å². The predicted octanol–water partition coefficient (Wildman–Crippen LogP) is 3.84. The number of hydrogen-bond donors (Lipinski definition) is 1. The van der Waals surface area contributed by atoms with E-state index in [0.717, 1.165) is 22.5 Å². The van der Waals surface area contributed by atoms with Crippen molar-refractivity contribution < 1.29 is 0 Å². The van der Waals surface area contributed by atoms with Gasteiger partial charge in [-0.1, -0.05) is 23.7 Å². The highest BCUT2D eigenvalue weighted by molar-refractivity contribution is 6.30. The lowest BCUT2D eigenvalue weighted by Gasteiger charge is -2.03. The molecule has 0 atom stereocenters. The van der Waals surface area contributed by atoms with Crippen molar-refractivity contribution in [3.63, 3.8) is 0 Å². The van der Waals surface area contributed by atoms with Gasteiger partial charge >= 0.3 is 0 Å². The van der Waals surface area contributed by atoms with Gasteiger partial charge < -0.3 is 0 Å². The van der Waals surface area contributed by atoms with E-state index in [0.29, 0.717) is 5.02 Å². The Kier molecular flexibility index (Phi) is 3.19. The molecule has 3 rings (SSSR count). The van der Waals surface area contributed by atoms with Crippen molar-refractivity contribution >= 4 is 23.2 Å². The van der Waals surface area contributed by atoms with Gasteiger partial charge in [0.25, 0.3) is 0 Å². The lowest BCUT2D eigenvalue weighted by Crippen LogP contribution is -1.88. The van der Waals surface area contributed by atoms with Crippen molar-refractivity contribution in [3.05, 3.63) is 53.0 Å². The molecule has 1 aromatic carbocycles. The standard InChI is InChI=1S/C13H8Cl2N4/c14-9-3-1-8(2-4-9)12-10(7-17-19-12)11-5-6-16-13(15)18-11/h1-7H,(H,17,19). The Morgan fingerprint density at radius 3 is 2.53 bits per heavy atom. The summed E-state index contributed by atoms with van der Waals surface area (Å²) in [6.45, 7) is 0. The predicted molar refractivity (Wildman–Crippen MR) is 75.1 cm³/mol. The molecule has 0 spiro atoms. The average Bonchev–Trinajstić information content (AvgIpc) is 2.89. The summed E-state index contributed by atoms with van der Waals surface area (Å²) in [5.74, 6) is 0. The Balaban J connectivity index is 2.10. The average molecular weight is 291 g/mol. The molecule has 1 N–H and O–H groups in total. The van der Waals surface area contributed by atoms with Gasteiger partial charge in [-0.3, -0.25) is 5.10 Å². The number of aromatic amines is 1. The first-order valence-electron chi connectivity index (χ1n) is 5.52. The van der Waals surface area contributed by atoms with Gasteiger partial charge in [0.15, 0.2) is 0 Å². The molecule has 0 saturated heterocycles. The second-order valence-electron chi connectivity index (χ2n) is 3.88. The van der Waals surface area contributed by atoms with Crippen LogP contribution in [0.15, 0.2) is 42.7 Å². The second kappa shape index (κ2) is 4.99. The van der Waals surface area contributed by atoms with Crippen molar-refractivity contribution in [1.82, 2.24) is 20.2 Å². The Bertz CT molecular complexity index is 707. The number of nitrogens with one attached hydrogen (secondary N) is 1. The zero-order chi connectivity index (χ0) is 13.2. The molecular weight excluding hydrogens is 283 g/mol. The van der Waals surface area contributed by atoms with E-state index in [9.17, 15) is 0 Å². The van der Waals surface area contributed by atoms with Crippen molar-refractivity contribution in [1.29, 1.82) is 0 Å². The van der Waals surface area contributed by atoms with E-state index in [1.54, 1.807) is 18.5 Å². The highest BCUT2D eigenvalue weighted by atomic mass is 35.5. The first kappa shape index (κ1) is 12.1. The van der Waals surface area contributed by atoms with E-state index in [2.05, 4.69) is 20.2 Å². The molecule has 19 heavy (non-hydrogen) atoms. The first-order chi connectivity index (χ1) is 9.24. The van der Waals surface area contributed by atoms with Gasteiger partial charge in [0.1, 0.15) is 0 Å². The van der Waals surface area contributed by atoms with Gasteiger partial charge in [0.05, 0.1) is 17.6 Å². The van der Waals surface area contributed by atoms with E-state index in [1.165, 1.54) is 0 Å². The molecule has 0 aliphatic heterocycles. The summed E-state index contributed by atoms with van der Waals surface area (Å²) < 4.78 is 0. The van der Waals surface area contributed by atoms with Gasteiger partial charge in [-0.15, -0.1) is 0 Å². The molecule has 6 heteroatoms. The van der Waals surface area contributed by atoms with Gasteiger partial charge in [-0.05, 0) is 29.8 Å². The summed E-state index contributed by atoms with van der Waals surface area (Å²) in [5, 5.41) is 7.93. The minimum Gasteiger partial charge on any atom is -0.277 e. The third kappa shape index (κ3) is 2.45. The van der Waals surface area contributed by atoms with Crippen LogP contribution in [0.25, 0.3) is 22.5 Å². The number of aromatic nitrogens is 4. The molecule has 0 saturated carbocycles. The van der Waals surface area contributed by atoms with Crippen LogP contribution in [0.1, 0.15) is 0 Å². The van der Waals surface area contributed by atoms with Gasteiger partial charge in [-0.2, -0.15) is 5.10 Å². The monoisotopic (exact) mass is 290 g/mol. The van der Waals surface area contributed by atoms with Crippen LogP contribution in [0.5, 0.6) is 0 Å². The fourth-order valence-corrected chi connectivity index (χ4v) is 2.08. The van der Waals surface area contributed by atoms with Gasteiger partial charge in [0.2, 0.25) is 5.28 Å². The fourth-order valence-electron chi connectivity index (χ4n) is 1.80. The van der Waals surface area contributed by atoms with Gasteiger partial charge in [0, 0.05) is 22.3 Å².